The quantitative estimate of drug-likeness (QED) is 0.679. The predicted molar refractivity (Wildman–Crippen MR) is 47.6 cm³/mol. The number of rotatable bonds is 2. The molecular formula is C8H6ClF2NO3. The van der Waals surface area contributed by atoms with Crippen LogP contribution >= 0.6 is 11.6 Å². The molecule has 0 fully saturated rings. The summed E-state index contributed by atoms with van der Waals surface area (Å²) in [6.45, 7) is 0. The lowest BCUT2D eigenvalue weighted by Gasteiger charge is -2.11. The topological polar surface area (TPSA) is 83.6 Å². The minimum atomic E-state index is -1.80. The number of hydrogen-bond acceptors (Lipinski definition) is 3. The molecule has 1 unspecified atom stereocenters. The van der Waals surface area contributed by atoms with E-state index in [0.717, 1.165) is 0 Å². The van der Waals surface area contributed by atoms with Crippen molar-refractivity contribution in [1.29, 1.82) is 0 Å². The number of carboxylic acid groups (broad SMARTS) is 1. The molecule has 0 saturated heterocycles. The predicted octanol–water partition coefficient (Wildman–Crippen LogP) is 1.41. The summed E-state index contributed by atoms with van der Waals surface area (Å²) < 4.78 is 26.0. The summed E-state index contributed by atoms with van der Waals surface area (Å²) in [6, 6.07) is -1.30. The summed E-state index contributed by atoms with van der Waals surface area (Å²) in [5.74, 6) is -5.01. The average molecular weight is 238 g/mol. The molecule has 1 aromatic carbocycles. The number of carbonyl (C=O) groups is 1. The lowest BCUT2D eigenvalue weighted by atomic mass is 10.1. The smallest absolute Gasteiger partial charge is 0.325 e. The van der Waals surface area contributed by atoms with Crippen LogP contribution in [-0.4, -0.2) is 16.2 Å². The molecule has 4 N–H and O–H groups in total. The van der Waals surface area contributed by atoms with Gasteiger partial charge >= 0.3 is 5.97 Å². The van der Waals surface area contributed by atoms with E-state index in [-0.39, 0.29) is 0 Å². The molecule has 0 heterocycles. The number of phenols is 1. The zero-order valence-electron chi connectivity index (χ0n) is 7.17. The van der Waals surface area contributed by atoms with Gasteiger partial charge in [-0.1, -0.05) is 11.6 Å². The van der Waals surface area contributed by atoms with Gasteiger partial charge in [0.2, 0.25) is 0 Å². The van der Waals surface area contributed by atoms with Crippen molar-refractivity contribution in [3.63, 3.8) is 0 Å². The van der Waals surface area contributed by atoms with Crippen LogP contribution in [-0.2, 0) is 4.79 Å². The number of carboxylic acids is 1. The van der Waals surface area contributed by atoms with Crippen LogP contribution in [0.25, 0.3) is 0 Å². The monoisotopic (exact) mass is 237 g/mol. The highest BCUT2D eigenvalue weighted by molar-refractivity contribution is 6.31. The highest BCUT2D eigenvalue weighted by Gasteiger charge is 2.26. The largest absolute Gasteiger partial charge is 0.507 e. The number of benzene rings is 1. The molecule has 0 spiro atoms. The first-order valence-corrected chi connectivity index (χ1v) is 4.08. The molecule has 0 aliphatic carbocycles. The van der Waals surface area contributed by atoms with E-state index in [2.05, 4.69) is 0 Å². The van der Waals surface area contributed by atoms with E-state index in [9.17, 15) is 13.6 Å². The number of halogens is 3. The summed E-state index contributed by atoms with van der Waals surface area (Å²) in [7, 11) is 0. The van der Waals surface area contributed by atoms with Crippen molar-refractivity contribution in [2.24, 2.45) is 5.73 Å². The Labute approximate surface area is 87.9 Å². The molecule has 0 amide bonds. The number of hydrogen-bond donors (Lipinski definition) is 3. The Morgan fingerprint density at radius 2 is 2.07 bits per heavy atom. The van der Waals surface area contributed by atoms with E-state index < -0.39 is 40.0 Å². The third kappa shape index (κ3) is 2.00. The van der Waals surface area contributed by atoms with E-state index in [4.69, 9.17) is 27.5 Å². The molecule has 1 rings (SSSR count). The van der Waals surface area contributed by atoms with Gasteiger partial charge in [0.05, 0.1) is 5.56 Å². The maximum atomic E-state index is 13.3. The molecular weight excluding hydrogens is 232 g/mol. The van der Waals surface area contributed by atoms with Gasteiger partial charge in [0.25, 0.3) is 0 Å². The van der Waals surface area contributed by atoms with Crippen molar-refractivity contribution in [2.75, 3.05) is 0 Å². The number of aromatic hydroxyl groups is 1. The number of phenolic OH excluding ortho intramolecular Hbond substituents is 1. The first-order valence-electron chi connectivity index (χ1n) is 3.71. The zero-order valence-corrected chi connectivity index (χ0v) is 7.92. The van der Waals surface area contributed by atoms with E-state index >= 15 is 0 Å². The molecule has 0 aromatic heterocycles. The van der Waals surface area contributed by atoms with E-state index in [1.807, 2.05) is 0 Å². The molecule has 1 atom stereocenters. The van der Waals surface area contributed by atoms with Crippen LogP contribution in [0.1, 0.15) is 11.6 Å². The Morgan fingerprint density at radius 1 is 1.53 bits per heavy atom. The van der Waals surface area contributed by atoms with Gasteiger partial charge in [0.15, 0.2) is 5.82 Å². The Kier molecular flexibility index (Phi) is 3.11. The fourth-order valence-electron chi connectivity index (χ4n) is 1.02. The van der Waals surface area contributed by atoms with Crippen molar-refractivity contribution >= 4 is 17.6 Å². The lowest BCUT2D eigenvalue weighted by Crippen LogP contribution is -2.22. The van der Waals surface area contributed by atoms with E-state index in [1.165, 1.54) is 0 Å². The maximum Gasteiger partial charge on any atom is 0.325 e. The minimum absolute atomic E-state index is 0.504. The molecule has 4 nitrogen and oxygen atoms in total. The zero-order chi connectivity index (χ0) is 11.7. The van der Waals surface area contributed by atoms with Crippen molar-refractivity contribution in [3.05, 3.63) is 28.3 Å². The second-order valence-electron chi connectivity index (χ2n) is 2.74. The van der Waals surface area contributed by atoms with Crippen LogP contribution in [0.15, 0.2) is 6.07 Å². The molecule has 0 aliphatic heterocycles. The molecule has 7 heteroatoms. The van der Waals surface area contributed by atoms with Crippen LogP contribution in [0.3, 0.4) is 0 Å². The third-order valence-electron chi connectivity index (χ3n) is 1.76. The molecule has 0 saturated carbocycles. The standard InChI is InChI=1S/C8H6ClF2NO3/c9-5-2(10)1-3(13)4(6(5)11)7(12)8(14)15/h1,7,13H,12H2,(H,14,15). The van der Waals surface area contributed by atoms with Gasteiger partial charge in [0, 0.05) is 6.07 Å². The van der Waals surface area contributed by atoms with Gasteiger partial charge < -0.3 is 15.9 Å². The van der Waals surface area contributed by atoms with Crippen LogP contribution in [0.2, 0.25) is 5.02 Å². The van der Waals surface area contributed by atoms with Gasteiger partial charge in [-0.05, 0) is 0 Å². The number of aliphatic carboxylic acids is 1. The van der Waals surface area contributed by atoms with Crippen LogP contribution in [0.4, 0.5) is 8.78 Å². The first kappa shape index (κ1) is 11.7. The Hall–Kier alpha value is -1.40. The first-order chi connectivity index (χ1) is 6.86. The molecule has 1 aromatic rings. The lowest BCUT2D eigenvalue weighted by molar-refractivity contribution is -0.138. The summed E-state index contributed by atoms with van der Waals surface area (Å²) in [5, 5.41) is 16.7. The van der Waals surface area contributed by atoms with E-state index in [1.54, 1.807) is 0 Å². The highest BCUT2D eigenvalue weighted by Crippen LogP contribution is 2.32. The van der Waals surface area contributed by atoms with Gasteiger partial charge in [-0.15, -0.1) is 0 Å². The Balaban J connectivity index is 3.42. The maximum absolute atomic E-state index is 13.3. The fraction of sp³-hybridized carbons (Fsp3) is 0.125. The van der Waals surface area contributed by atoms with Crippen LogP contribution in [0, 0.1) is 11.6 Å². The average Bonchev–Trinajstić information content (AvgIpc) is 2.14. The molecule has 15 heavy (non-hydrogen) atoms. The van der Waals surface area contributed by atoms with Crippen molar-refractivity contribution in [1.82, 2.24) is 0 Å². The molecule has 82 valence electrons. The summed E-state index contributed by atoms with van der Waals surface area (Å²) in [4.78, 5) is 10.5. The van der Waals surface area contributed by atoms with Crippen molar-refractivity contribution < 1.29 is 23.8 Å². The van der Waals surface area contributed by atoms with Crippen LogP contribution in [0.5, 0.6) is 5.75 Å². The normalized spacial score (nSPS) is 12.5. The van der Waals surface area contributed by atoms with Gasteiger partial charge in [-0.2, -0.15) is 0 Å². The van der Waals surface area contributed by atoms with Gasteiger partial charge in [-0.25, -0.2) is 8.78 Å². The Bertz CT molecular complexity index is 425. The van der Waals surface area contributed by atoms with Gasteiger partial charge in [-0.3, -0.25) is 4.79 Å². The highest BCUT2D eigenvalue weighted by atomic mass is 35.5. The Morgan fingerprint density at radius 3 is 2.53 bits per heavy atom. The SMILES string of the molecule is NC(C(=O)O)c1c(O)cc(F)c(Cl)c1F. The molecule has 0 bridgehead atoms. The second-order valence-corrected chi connectivity index (χ2v) is 3.11. The summed E-state index contributed by atoms with van der Waals surface area (Å²) in [6.07, 6.45) is 0. The van der Waals surface area contributed by atoms with Crippen LogP contribution < -0.4 is 5.73 Å². The minimum Gasteiger partial charge on any atom is -0.507 e. The molecule has 0 radical (unpaired) electrons. The van der Waals surface area contributed by atoms with Crippen molar-refractivity contribution in [3.8, 4) is 5.75 Å². The summed E-state index contributed by atoms with van der Waals surface area (Å²) in [5.41, 5.74) is 4.34. The van der Waals surface area contributed by atoms with Crippen molar-refractivity contribution in [2.45, 2.75) is 6.04 Å². The number of nitrogens with two attached hydrogens (primary N) is 1. The third-order valence-corrected chi connectivity index (χ3v) is 2.10. The molecule has 0 aliphatic rings. The van der Waals surface area contributed by atoms with Gasteiger partial charge in [0.1, 0.15) is 22.6 Å². The van der Waals surface area contributed by atoms with E-state index in [0.29, 0.717) is 6.07 Å². The summed E-state index contributed by atoms with van der Waals surface area (Å²) >= 11 is 5.19. The fourth-order valence-corrected chi connectivity index (χ4v) is 1.17. The second kappa shape index (κ2) is 4.00.